The zero-order chi connectivity index (χ0) is 14.5. The SMILES string of the molecule is CCCNc1cc(NC2CCOc3ccccc32)ccn1. The van der Waals surface area contributed by atoms with Crippen molar-refractivity contribution in [2.45, 2.75) is 25.8 Å². The zero-order valence-corrected chi connectivity index (χ0v) is 12.3. The number of para-hydroxylation sites is 1. The molecule has 1 aliphatic rings. The molecule has 2 aromatic rings. The van der Waals surface area contributed by atoms with Crippen LogP contribution in [0.2, 0.25) is 0 Å². The summed E-state index contributed by atoms with van der Waals surface area (Å²) in [6.45, 7) is 3.84. The molecule has 4 heteroatoms. The molecule has 0 aliphatic carbocycles. The first-order chi connectivity index (χ1) is 10.4. The Bertz CT molecular complexity index is 600. The number of pyridine rings is 1. The van der Waals surface area contributed by atoms with Crippen LogP contribution in [-0.4, -0.2) is 18.1 Å². The van der Waals surface area contributed by atoms with Gasteiger partial charge in [-0.1, -0.05) is 25.1 Å². The van der Waals surface area contributed by atoms with Gasteiger partial charge in [-0.15, -0.1) is 0 Å². The van der Waals surface area contributed by atoms with E-state index in [0.717, 1.165) is 43.2 Å². The summed E-state index contributed by atoms with van der Waals surface area (Å²) in [6, 6.07) is 12.6. The Balaban J connectivity index is 1.75. The van der Waals surface area contributed by atoms with Crippen LogP contribution >= 0.6 is 0 Å². The molecule has 0 fully saturated rings. The molecule has 21 heavy (non-hydrogen) atoms. The summed E-state index contributed by atoms with van der Waals surface area (Å²) in [7, 11) is 0. The van der Waals surface area contributed by atoms with E-state index in [1.54, 1.807) is 0 Å². The van der Waals surface area contributed by atoms with Gasteiger partial charge in [0.15, 0.2) is 0 Å². The minimum Gasteiger partial charge on any atom is -0.493 e. The van der Waals surface area contributed by atoms with Gasteiger partial charge in [-0.2, -0.15) is 0 Å². The molecule has 0 spiro atoms. The summed E-state index contributed by atoms with van der Waals surface area (Å²) in [6.07, 6.45) is 3.90. The second-order valence-electron chi connectivity index (χ2n) is 5.23. The first-order valence-corrected chi connectivity index (χ1v) is 7.55. The van der Waals surface area contributed by atoms with E-state index in [9.17, 15) is 0 Å². The van der Waals surface area contributed by atoms with Gasteiger partial charge in [0.2, 0.25) is 0 Å². The number of benzene rings is 1. The summed E-state index contributed by atoms with van der Waals surface area (Å²) in [5, 5.41) is 6.91. The van der Waals surface area contributed by atoms with Gasteiger partial charge in [-0.3, -0.25) is 0 Å². The van der Waals surface area contributed by atoms with Gasteiger partial charge >= 0.3 is 0 Å². The van der Waals surface area contributed by atoms with Gasteiger partial charge in [0.05, 0.1) is 12.6 Å². The number of rotatable bonds is 5. The normalized spacial score (nSPS) is 16.7. The van der Waals surface area contributed by atoms with Crippen molar-refractivity contribution < 1.29 is 4.74 Å². The van der Waals surface area contributed by atoms with Crippen LogP contribution in [0.4, 0.5) is 11.5 Å². The Kier molecular flexibility index (Phi) is 4.24. The van der Waals surface area contributed by atoms with Crippen molar-refractivity contribution in [3.63, 3.8) is 0 Å². The Labute approximate surface area is 125 Å². The van der Waals surface area contributed by atoms with Crippen molar-refractivity contribution in [1.82, 2.24) is 4.98 Å². The second-order valence-corrected chi connectivity index (χ2v) is 5.23. The standard InChI is InChI=1S/C17H21N3O/c1-2-9-18-17-12-13(7-10-19-17)20-15-8-11-21-16-6-4-3-5-14(15)16/h3-7,10,12,15H,2,8-9,11H2,1H3,(H2,18,19,20). The molecule has 0 amide bonds. The lowest BCUT2D eigenvalue weighted by molar-refractivity contribution is 0.274. The van der Waals surface area contributed by atoms with Crippen LogP contribution in [0.1, 0.15) is 31.4 Å². The maximum absolute atomic E-state index is 5.70. The monoisotopic (exact) mass is 283 g/mol. The average Bonchev–Trinajstić information content (AvgIpc) is 2.54. The molecule has 3 rings (SSSR count). The molecule has 4 nitrogen and oxygen atoms in total. The average molecular weight is 283 g/mol. The molecule has 2 N–H and O–H groups in total. The molecule has 110 valence electrons. The van der Waals surface area contributed by atoms with Crippen LogP contribution in [0, 0.1) is 0 Å². The highest BCUT2D eigenvalue weighted by Gasteiger charge is 2.20. The van der Waals surface area contributed by atoms with Gasteiger partial charge in [0, 0.05) is 36.5 Å². The van der Waals surface area contributed by atoms with E-state index < -0.39 is 0 Å². The van der Waals surface area contributed by atoms with Crippen LogP contribution in [-0.2, 0) is 0 Å². The third-order valence-corrected chi connectivity index (χ3v) is 3.62. The lowest BCUT2D eigenvalue weighted by Crippen LogP contribution is -2.20. The molecule has 0 saturated carbocycles. The van der Waals surface area contributed by atoms with Crippen molar-refractivity contribution in [3.05, 3.63) is 48.2 Å². The third-order valence-electron chi connectivity index (χ3n) is 3.62. The lowest BCUT2D eigenvalue weighted by atomic mass is 10.0. The maximum Gasteiger partial charge on any atom is 0.127 e. The molecule has 2 heterocycles. The number of fused-ring (bicyclic) bond motifs is 1. The van der Waals surface area contributed by atoms with Crippen molar-refractivity contribution in [2.24, 2.45) is 0 Å². The van der Waals surface area contributed by atoms with Gasteiger partial charge < -0.3 is 15.4 Å². The van der Waals surface area contributed by atoms with Crippen LogP contribution in [0.5, 0.6) is 5.75 Å². The fourth-order valence-electron chi connectivity index (χ4n) is 2.56. The fraction of sp³-hybridized carbons (Fsp3) is 0.353. The quantitative estimate of drug-likeness (QED) is 0.875. The second kappa shape index (κ2) is 6.48. The molecule has 0 saturated heterocycles. The Morgan fingerprint density at radius 2 is 2.19 bits per heavy atom. The zero-order valence-electron chi connectivity index (χ0n) is 12.3. The van der Waals surface area contributed by atoms with E-state index in [0.29, 0.717) is 0 Å². The summed E-state index contributed by atoms with van der Waals surface area (Å²) in [5.74, 6) is 1.90. The lowest BCUT2D eigenvalue weighted by Gasteiger charge is -2.27. The molecule has 1 aromatic heterocycles. The predicted molar refractivity (Wildman–Crippen MR) is 85.9 cm³/mol. The largest absolute Gasteiger partial charge is 0.493 e. The van der Waals surface area contributed by atoms with Gasteiger partial charge in [0.25, 0.3) is 0 Å². The molecule has 1 atom stereocenters. The highest BCUT2D eigenvalue weighted by atomic mass is 16.5. The summed E-state index contributed by atoms with van der Waals surface area (Å²) in [4.78, 5) is 4.34. The van der Waals surface area contributed by atoms with E-state index in [1.165, 1.54) is 5.56 Å². The first kappa shape index (κ1) is 13.7. The Hall–Kier alpha value is -2.23. The van der Waals surface area contributed by atoms with Crippen LogP contribution in [0.15, 0.2) is 42.6 Å². The molecule has 0 radical (unpaired) electrons. The van der Waals surface area contributed by atoms with E-state index in [2.05, 4.69) is 40.7 Å². The van der Waals surface area contributed by atoms with Crippen molar-refractivity contribution in [3.8, 4) is 5.75 Å². The number of nitrogens with one attached hydrogen (secondary N) is 2. The van der Waals surface area contributed by atoms with Crippen LogP contribution in [0.25, 0.3) is 0 Å². The molecule has 1 aromatic carbocycles. The van der Waals surface area contributed by atoms with E-state index >= 15 is 0 Å². The smallest absolute Gasteiger partial charge is 0.127 e. The van der Waals surface area contributed by atoms with Crippen molar-refractivity contribution >= 4 is 11.5 Å². The maximum atomic E-state index is 5.70. The van der Waals surface area contributed by atoms with Gasteiger partial charge in [0.1, 0.15) is 11.6 Å². The first-order valence-electron chi connectivity index (χ1n) is 7.55. The van der Waals surface area contributed by atoms with E-state index in [4.69, 9.17) is 4.74 Å². The minimum atomic E-state index is 0.288. The van der Waals surface area contributed by atoms with Gasteiger partial charge in [-0.05, 0) is 18.6 Å². The minimum absolute atomic E-state index is 0.288. The summed E-state index contributed by atoms with van der Waals surface area (Å²) < 4.78 is 5.70. The highest BCUT2D eigenvalue weighted by molar-refractivity contribution is 5.54. The van der Waals surface area contributed by atoms with E-state index in [1.807, 2.05) is 24.4 Å². The molecule has 1 unspecified atom stereocenters. The number of anilines is 2. The summed E-state index contributed by atoms with van der Waals surface area (Å²) >= 11 is 0. The Morgan fingerprint density at radius 3 is 3.10 bits per heavy atom. The summed E-state index contributed by atoms with van der Waals surface area (Å²) in [5.41, 5.74) is 2.31. The number of nitrogens with zero attached hydrogens (tertiary/aromatic N) is 1. The Morgan fingerprint density at radius 1 is 1.29 bits per heavy atom. The molecule has 1 aliphatic heterocycles. The third kappa shape index (κ3) is 3.27. The number of hydrogen-bond donors (Lipinski definition) is 2. The van der Waals surface area contributed by atoms with Crippen molar-refractivity contribution in [1.29, 1.82) is 0 Å². The molecule has 0 bridgehead atoms. The molecular formula is C17H21N3O. The highest BCUT2D eigenvalue weighted by Crippen LogP contribution is 2.34. The topological polar surface area (TPSA) is 46.2 Å². The predicted octanol–water partition coefficient (Wildman–Crippen LogP) is 3.84. The van der Waals surface area contributed by atoms with E-state index in [-0.39, 0.29) is 6.04 Å². The van der Waals surface area contributed by atoms with Crippen LogP contribution in [0.3, 0.4) is 0 Å². The fourth-order valence-corrected chi connectivity index (χ4v) is 2.56. The molecular weight excluding hydrogens is 262 g/mol. The number of ether oxygens (including phenoxy) is 1. The van der Waals surface area contributed by atoms with Crippen LogP contribution < -0.4 is 15.4 Å². The van der Waals surface area contributed by atoms with Gasteiger partial charge in [-0.25, -0.2) is 4.98 Å². The van der Waals surface area contributed by atoms with Crippen molar-refractivity contribution in [2.75, 3.05) is 23.8 Å². The number of hydrogen-bond acceptors (Lipinski definition) is 4. The number of aromatic nitrogens is 1.